The standard InChI is InChI=1S/C29H45NO8/c1-27-9-6-18(30(36-3)26-25(34)24(33)22(31)15-38-26)13-17(27)4-5-21-20(27)7-10-28(2)19(8-11-29(21,28)35)16-12-23(32)37-14-16/h12,17-22,24-26,31,33-35H,4-11,13-15H2,1-3H3/t17?,18-,19+,20?,21?,22-,24+,25+,26?,27-,28+,29-/m0/s1. The number of carbonyl (C=O) groups excluding carboxylic acids is 1. The molecule has 5 fully saturated rings. The van der Waals surface area contributed by atoms with Gasteiger partial charge in [0.15, 0.2) is 6.23 Å². The van der Waals surface area contributed by atoms with Gasteiger partial charge in [-0.15, -0.1) is 0 Å². The van der Waals surface area contributed by atoms with Crippen LogP contribution in [0.2, 0.25) is 0 Å². The summed E-state index contributed by atoms with van der Waals surface area (Å²) in [5, 5.41) is 44.9. The highest BCUT2D eigenvalue weighted by molar-refractivity contribution is 5.85. The van der Waals surface area contributed by atoms with Crippen molar-refractivity contribution in [3.8, 4) is 0 Å². The summed E-state index contributed by atoms with van der Waals surface area (Å²) < 4.78 is 11.0. The number of aliphatic hydroxyl groups excluding tert-OH is 3. The summed E-state index contributed by atoms with van der Waals surface area (Å²) in [6.07, 6.45) is 5.76. The van der Waals surface area contributed by atoms with Crippen LogP contribution in [0.4, 0.5) is 0 Å². The Labute approximate surface area is 225 Å². The molecule has 38 heavy (non-hydrogen) atoms. The molecule has 0 aromatic carbocycles. The summed E-state index contributed by atoms with van der Waals surface area (Å²) in [7, 11) is 1.57. The number of rotatable bonds is 4. The molecule has 0 aromatic heterocycles. The van der Waals surface area contributed by atoms with Crippen LogP contribution in [-0.2, 0) is 19.1 Å². The minimum atomic E-state index is -1.27. The number of carbonyl (C=O) groups is 1. The van der Waals surface area contributed by atoms with Crippen molar-refractivity contribution >= 4 is 5.97 Å². The van der Waals surface area contributed by atoms with Gasteiger partial charge in [0.2, 0.25) is 0 Å². The van der Waals surface area contributed by atoms with E-state index in [1.54, 1.807) is 18.2 Å². The molecular formula is C29H45NO8. The number of esters is 1. The van der Waals surface area contributed by atoms with Gasteiger partial charge in [-0.25, -0.2) is 4.79 Å². The maximum atomic E-state index is 12.4. The van der Waals surface area contributed by atoms with Crippen LogP contribution in [-0.4, -0.2) is 88.0 Å². The van der Waals surface area contributed by atoms with E-state index in [0.717, 1.165) is 63.4 Å². The largest absolute Gasteiger partial charge is 0.458 e. The quantitative estimate of drug-likeness (QED) is 0.315. The molecule has 9 heteroatoms. The van der Waals surface area contributed by atoms with Crippen molar-refractivity contribution < 1.29 is 39.5 Å². The van der Waals surface area contributed by atoms with Crippen molar-refractivity contribution in [3.63, 3.8) is 0 Å². The summed E-state index contributed by atoms with van der Waals surface area (Å²) in [6.45, 7) is 5.01. The second kappa shape index (κ2) is 9.50. The Morgan fingerprint density at radius 3 is 2.50 bits per heavy atom. The zero-order valence-electron chi connectivity index (χ0n) is 22.9. The van der Waals surface area contributed by atoms with Gasteiger partial charge < -0.3 is 29.9 Å². The first kappa shape index (κ1) is 27.1. The van der Waals surface area contributed by atoms with E-state index < -0.39 is 30.1 Å². The lowest BCUT2D eigenvalue weighted by Crippen LogP contribution is -2.64. The first-order chi connectivity index (χ1) is 18.0. The summed E-state index contributed by atoms with van der Waals surface area (Å²) in [5.41, 5.74) is 0.215. The number of ether oxygens (including phenoxy) is 2. The highest BCUT2D eigenvalue weighted by Crippen LogP contribution is 2.70. The van der Waals surface area contributed by atoms with Gasteiger partial charge in [-0.05, 0) is 92.4 Å². The molecule has 12 atom stereocenters. The number of fused-ring (bicyclic) bond motifs is 5. The van der Waals surface area contributed by atoms with Crippen molar-refractivity contribution in [1.82, 2.24) is 5.06 Å². The lowest BCUT2D eigenvalue weighted by molar-refractivity contribution is -0.326. The zero-order valence-corrected chi connectivity index (χ0v) is 22.9. The molecule has 4 N–H and O–H groups in total. The molecule has 0 spiro atoms. The van der Waals surface area contributed by atoms with Gasteiger partial charge in [0.1, 0.15) is 24.9 Å². The second-order valence-electron chi connectivity index (χ2n) is 13.5. The molecule has 4 saturated carbocycles. The third-order valence-electron chi connectivity index (χ3n) is 12.3. The third-order valence-corrected chi connectivity index (χ3v) is 12.3. The van der Waals surface area contributed by atoms with Gasteiger partial charge in [0.05, 0.1) is 19.3 Å². The molecule has 0 aromatic rings. The Hall–Kier alpha value is -1.07. The first-order valence-corrected chi connectivity index (χ1v) is 14.6. The number of nitrogens with zero attached hydrogens (tertiary/aromatic N) is 1. The lowest BCUT2D eigenvalue weighted by atomic mass is 9.43. The van der Waals surface area contributed by atoms with Gasteiger partial charge in [0.25, 0.3) is 0 Å². The maximum absolute atomic E-state index is 12.4. The first-order valence-electron chi connectivity index (χ1n) is 14.6. The number of hydrogen-bond donors (Lipinski definition) is 4. The van der Waals surface area contributed by atoms with Crippen LogP contribution in [0.25, 0.3) is 0 Å². The Balaban J connectivity index is 1.19. The Morgan fingerprint density at radius 2 is 1.79 bits per heavy atom. The molecule has 2 heterocycles. The topological polar surface area (TPSA) is 129 Å². The van der Waals surface area contributed by atoms with Crippen molar-refractivity contribution in [1.29, 1.82) is 0 Å². The summed E-state index contributed by atoms with van der Waals surface area (Å²) >= 11 is 0. The van der Waals surface area contributed by atoms with Gasteiger partial charge in [-0.2, -0.15) is 5.06 Å². The summed E-state index contributed by atoms with van der Waals surface area (Å²) in [5.74, 6) is 1.11. The van der Waals surface area contributed by atoms with Gasteiger partial charge >= 0.3 is 5.97 Å². The van der Waals surface area contributed by atoms with Crippen molar-refractivity contribution in [3.05, 3.63) is 11.6 Å². The van der Waals surface area contributed by atoms with Crippen LogP contribution in [0.1, 0.15) is 71.6 Å². The zero-order chi connectivity index (χ0) is 27.0. The summed E-state index contributed by atoms with van der Waals surface area (Å²) in [4.78, 5) is 17.5. The average molecular weight is 536 g/mol. The van der Waals surface area contributed by atoms with Crippen molar-refractivity contribution in [2.75, 3.05) is 20.3 Å². The van der Waals surface area contributed by atoms with E-state index >= 15 is 0 Å². The van der Waals surface area contributed by atoms with Crippen LogP contribution < -0.4 is 0 Å². The molecule has 6 aliphatic rings. The van der Waals surface area contributed by atoms with Crippen LogP contribution in [0.3, 0.4) is 0 Å². The van der Waals surface area contributed by atoms with Crippen molar-refractivity contribution in [2.24, 2.45) is 34.5 Å². The SMILES string of the molecule is CON(C1OC[C@H](O)[C@@H](O)[C@H]1O)[C@H]1CC[C@@]2(C)C(CCC3C2CC[C@]2(C)[C@@H](C4=CC(=O)OC4)CC[C@]32O)C1. The molecule has 9 nitrogen and oxygen atoms in total. The Kier molecular flexibility index (Phi) is 6.78. The predicted molar refractivity (Wildman–Crippen MR) is 136 cm³/mol. The fourth-order valence-corrected chi connectivity index (χ4v) is 10.1. The smallest absolute Gasteiger partial charge is 0.331 e. The van der Waals surface area contributed by atoms with Crippen LogP contribution in [0.5, 0.6) is 0 Å². The second-order valence-corrected chi connectivity index (χ2v) is 13.5. The maximum Gasteiger partial charge on any atom is 0.331 e. The molecule has 6 rings (SSSR count). The number of hydrogen-bond acceptors (Lipinski definition) is 9. The fourth-order valence-electron chi connectivity index (χ4n) is 10.1. The highest BCUT2D eigenvalue weighted by atomic mass is 16.7. The third kappa shape index (κ3) is 3.80. The molecule has 2 aliphatic heterocycles. The molecule has 1 saturated heterocycles. The van der Waals surface area contributed by atoms with E-state index in [-0.39, 0.29) is 41.3 Å². The predicted octanol–water partition coefficient (Wildman–Crippen LogP) is 1.91. The van der Waals surface area contributed by atoms with E-state index in [9.17, 15) is 25.2 Å². The monoisotopic (exact) mass is 535 g/mol. The molecule has 0 bridgehead atoms. The van der Waals surface area contributed by atoms with Crippen LogP contribution in [0, 0.1) is 34.5 Å². The Morgan fingerprint density at radius 1 is 1.00 bits per heavy atom. The lowest BCUT2D eigenvalue weighted by Gasteiger charge is -2.64. The molecule has 0 radical (unpaired) electrons. The number of aliphatic hydroxyl groups is 4. The van der Waals surface area contributed by atoms with E-state index in [2.05, 4.69) is 13.8 Å². The van der Waals surface area contributed by atoms with Crippen molar-refractivity contribution in [2.45, 2.75) is 108 Å². The minimum absolute atomic E-state index is 0.0383. The molecule has 4 unspecified atom stereocenters. The highest BCUT2D eigenvalue weighted by Gasteiger charge is 2.68. The van der Waals surface area contributed by atoms with Gasteiger partial charge in [0, 0.05) is 17.5 Å². The van der Waals surface area contributed by atoms with E-state index in [1.807, 2.05) is 0 Å². The van der Waals surface area contributed by atoms with Gasteiger partial charge in [-0.1, -0.05) is 13.8 Å². The van der Waals surface area contributed by atoms with E-state index in [1.165, 1.54) is 0 Å². The van der Waals surface area contributed by atoms with Gasteiger partial charge in [-0.3, -0.25) is 4.84 Å². The van der Waals surface area contributed by atoms with Crippen LogP contribution >= 0.6 is 0 Å². The fraction of sp³-hybridized carbons (Fsp3) is 0.897. The number of hydroxylamine groups is 2. The van der Waals surface area contributed by atoms with E-state index in [4.69, 9.17) is 14.3 Å². The van der Waals surface area contributed by atoms with E-state index in [0.29, 0.717) is 18.4 Å². The molecule has 4 aliphatic carbocycles. The summed E-state index contributed by atoms with van der Waals surface area (Å²) in [6, 6.07) is 0.0383. The minimum Gasteiger partial charge on any atom is -0.458 e. The van der Waals surface area contributed by atoms with Crippen LogP contribution in [0.15, 0.2) is 11.6 Å². The average Bonchev–Trinajstić information content (AvgIpc) is 3.44. The molecular weight excluding hydrogens is 490 g/mol. The normalized spacial score (nSPS) is 52.7. The number of cyclic esters (lactones) is 1. The Bertz CT molecular complexity index is 974. The molecule has 0 amide bonds. The molecule has 214 valence electrons.